The van der Waals surface area contributed by atoms with Gasteiger partial charge in [-0.15, -0.1) is 11.3 Å². The summed E-state index contributed by atoms with van der Waals surface area (Å²) >= 11 is 1.15. The Labute approximate surface area is 204 Å². The van der Waals surface area contributed by atoms with Gasteiger partial charge in [-0.3, -0.25) is 14.4 Å². The van der Waals surface area contributed by atoms with Crippen molar-refractivity contribution in [2.24, 2.45) is 29.2 Å². The maximum absolute atomic E-state index is 13.9. The van der Waals surface area contributed by atoms with Gasteiger partial charge in [-0.2, -0.15) is 0 Å². The molecule has 11 heteroatoms. The van der Waals surface area contributed by atoms with Gasteiger partial charge in [-0.05, 0) is 36.4 Å². The van der Waals surface area contributed by atoms with Crippen LogP contribution in [0.15, 0.2) is 52.4 Å². The molecule has 35 heavy (non-hydrogen) atoms. The number of thiophene rings is 1. The van der Waals surface area contributed by atoms with Crippen molar-refractivity contribution in [3.63, 3.8) is 0 Å². The number of methoxy groups -OCH3 is 1. The van der Waals surface area contributed by atoms with Gasteiger partial charge in [0.05, 0.1) is 37.4 Å². The lowest BCUT2D eigenvalue weighted by molar-refractivity contribution is -0.179. The van der Waals surface area contributed by atoms with Crippen molar-refractivity contribution in [2.75, 3.05) is 7.11 Å². The number of furan rings is 1. The molecule has 1 aliphatic heterocycles. The van der Waals surface area contributed by atoms with E-state index in [-0.39, 0.29) is 29.9 Å². The first-order chi connectivity index (χ1) is 16.7. The molecule has 6 atom stereocenters. The molecule has 3 heterocycles. The van der Waals surface area contributed by atoms with E-state index in [0.717, 1.165) is 11.3 Å². The summed E-state index contributed by atoms with van der Waals surface area (Å²) < 4.78 is 21.2. The van der Waals surface area contributed by atoms with Gasteiger partial charge in [0.1, 0.15) is 11.0 Å². The molecule has 10 nitrogen and oxygen atoms in total. The SMILES string of the molecule is COC(=O)[C@@H]1C=C(OC(=O)c2cccs2)C(=O)[C@H]2[C@@]1(N)CC[C@H]1C(=O)O[C@H](c3ccoc3)C[C@]21N. The number of fused-ring (bicyclic) bond motifs is 3. The Bertz CT molecular complexity index is 1210. The quantitative estimate of drug-likeness (QED) is 0.468. The van der Waals surface area contributed by atoms with Crippen LogP contribution in [0.5, 0.6) is 0 Å². The van der Waals surface area contributed by atoms with E-state index < -0.39 is 58.6 Å². The van der Waals surface area contributed by atoms with E-state index >= 15 is 0 Å². The van der Waals surface area contributed by atoms with Crippen molar-refractivity contribution >= 4 is 35.0 Å². The van der Waals surface area contributed by atoms with Gasteiger partial charge in [0.15, 0.2) is 5.76 Å². The van der Waals surface area contributed by atoms with Gasteiger partial charge in [0.2, 0.25) is 5.78 Å². The third-order valence-corrected chi connectivity index (χ3v) is 8.22. The number of carbonyl (C=O) groups is 4. The van der Waals surface area contributed by atoms with Crippen LogP contribution in [-0.4, -0.2) is 41.9 Å². The molecule has 5 rings (SSSR count). The zero-order valence-electron chi connectivity index (χ0n) is 18.8. The van der Waals surface area contributed by atoms with E-state index in [9.17, 15) is 19.2 Å². The Balaban J connectivity index is 1.58. The fourth-order valence-corrected chi connectivity index (χ4v) is 6.33. The van der Waals surface area contributed by atoms with Crippen LogP contribution in [-0.2, 0) is 28.6 Å². The normalized spacial score (nSPS) is 34.2. The van der Waals surface area contributed by atoms with Crippen LogP contribution in [0.1, 0.15) is 40.6 Å². The van der Waals surface area contributed by atoms with Gasteiger partial charge in [0.25, 0.3) is 0 Å². The molecule has 0 amide bonds. The van der Waals surface area contributed by atoms with E-state index in [1.165, 1.54) is 25.7 Å². The minimum atomic E-state index is -1.47. The summed E-state index contributed by atoms with van der Waals surface area (Å²) in [5.74, 6) is -6.13. The molecule has 4 N–H and O–H groups in total. The first kappa shape index (κ1) is 23.5. The number of ketones is 1. The number of allylic oxidation sites excluding steroid dienone is 1. The average molecular weight is 501 g/mol. The van der Waals surface area contributed by atoms with Crippen LogP contribution in [0.3, 0.4) is 0 Å². The summed E-state index contributed by atoms with van der Waals surface area (Å²) in [6, 6.07) is 4.87. The summed E-state index contributed by atoms with van der Waals surface area (Å²) in [6.45, 7) is 0. The van der Waals surface area contributed by atoms with Gasteiger partial charge < -0.3 is 30.1 Å². The predicted octanol–water partition coefficient (Wildman–Crippen LogP) is 1.86. The standard InChI is InChI=1S/C24H24N2O8S/c1-31-20(28)14-9-15(33-22(30)17-3-2-8-35-17)18(27)19-23(14,25)6-4-13-21(29)34-16(10-24(13,19)26)12-5-7-32-11-12/h2-3,5,7-9,11,13-14,16,19H,4,6,10,25-26H2,1H3/t13-,14-,16-,19-,23+,24+/m0/s1. The highest BCUT2D eigenvalue weighted by Gasteiger charge is 2.67. The van der Waals surface area contributed by atoms with Crippen molar-refractivity contribution in [1.29, 1.82) is 0 Å². The zero-order valence-corrected chi connectivity index (χ0v) is 19.6. The molecular formula is C24H24N2O8S. The van der Waals surface area contributed by atoms with Crippen molar-refractivity contribution in [3.8, 4) is 0 Å². The number of hydrogen-bond donors (Lipinski definition) is 2. The van der Waals surface area contributed by atoms with E-state index in [4.69, 9.17) is 30.1 Å². The summed E-state index contributed by atoms with van der Waals surface area (Å²) in [5, 5.41) is 1.69. The molecule has 0 bridgehead atoms. The van der Waals surface area contributed by atoms with Crippen LogP contribution >= 0.6 is 11.3 Å². The van der Waals surface area contributed by atoms with Gasteiger partial charge in [0, 0.05) is 23.1 Å². The number of cyclic esters (lactones) is 1. The van der Waals surface area contributed by atoms with Crippen molar-refractivity contribution in [1.82, 2.24) is 0 Å². The number of hydrogen-bond acceptors (Lipinski definition) is 11. The molecule has 0 unspecified atom stereocenters. The Morgan fingerprint density at radius 2 is 2.00 bits per heavy atom. The van der Waals surface area contributed by atoms with E-state index in [0.29, 0.717) is 5.56 Å². The zero-order chi connectivity index (χ0) is 25.0. The summed E-state index contributed by atoms with van der Waals surface area (Å²) in [6.07, 6.45) is 3.79. The van der Waals surface area contributed by atoms with Crippen molar-refractivity contribution in [3.05, 3.63) is 58.4 Å². The first-order valence-corrected chi connectivity index (χ1v) is 12.0. The molecule has 0 aromatic carbocycles. The molecule has 2 aliphatic carbocycles. The Morgan fingerprint density at radius 3 is 2.66 bits per heavy atom. The number of carbonyl (C=O) groups excluding carboxylic acids is 4. The number of ether oxygens (including phenoxy) is 3. The first-order valence-electron chi connectivity index (χ1n) is 11.1. The fraction of sp³-hybridized carbons (Fsp3) is 0.417. The van der Waals surface area contributed by atoms with Crippen LogP contribution in [0, 0.1) is 17.8 Å². The fourth-order valence-electron chi connectivity index (χ4n) is 5.73. The lowest BCUT2D eigenvalue weighted by Crippen LogP contribution is -2.76. The van der Waals surface area contributed by atoms with Crippen LogP contribution < -0.4 is 11.5 Å². The van der Waals surface area contributed by atoms with Crippen LogP contribution in [0.25, 0.3) is 0 Å². The minimum absolute atomic E-state index is 0.0678. The highest BCUT2D eigenvalue weighted by atomic mass is 32.1. The number of rotatable bonds is 4. The molecule has 3 aliphatic rings. The topological polar surface area (TPSA) is 161 Å². The Kier molecular flexibility index (Phi) is 5.65. The lowest BCUT2D eigenvalue weighted by atomic mass is 9.50. The highest BCUT2D eigenvalue weighted by molar-refractivity contribution is 7.12. The van der Waals surface area contributed by atoms with E-state index in [1.54, 1.807) is 23.6 Å². The Hall–Kier alpha value is -3.28. The molecule has 2 aromatic rings. The molecule has 0 spiro atoms. The van der Waals surface area contributed by atoms with Crippen molar-refractivity contribution < 1.29 is 37.8 Å². The monoisotopic (exact) mass is 500 g/mol. The molecule has 2 aromatic heterocycles. The second kappa shape index (κ2) is 8.43. The van der Waals surface area contributed by atoms with Gasteiger partial charge >= 0.3 is 17.9 Å². The molecule has 1 saturated heterocycles. The molecule has 184 valence electrons. The van der Waals surface area contributed by atoms with Gasteiger partial charge in [-0.1, -0.05) is 6.07 Å². The van der Waals surface area contributed by atoms with Gasteiger partial charge in [-0.25, -0.2) is 4.79 Å². The largest absolute Gasteiger partial charge is 0.472 e. The predicted molar refractivity (Wildman–Crippen MR) is 121 cm³/mol. The summed E-state index contributed by atoms with van der Waals surface area (Å²) in [7, 11) is 1.21. The molecule has 1 saturated carbocycles. The Morgan fingerprint density at radius 1 is 1.20 bits per heavy atom. The number of esters is 3. The molecule has 2 fully saturated rings. The average Bonchev–Trinajstić information content (AvgIpc) is 3.54. The minimum Gasteiger partial charge on any atom is -0.472 e. The third kappa shape index (κ3) is 3.62. The number of nitrogens with two attached hydrogens (primary N) is 2. The maximum atomic E-state index is 13.9. The highest BCUT2D eigenvalue weighted by Crippen LogP contribution is 2.55. The van der Waals surface area contributed by atoms with E-state index in [1.807, 2.05) is 0 Å². The van der Waals surface area contributed by atoms with E-state index in [2.05, 4.69) is 0 Å². The number of Topliss-reactive ketones (excluding diaryl/α,β-unsaturated/α-hetero) is 1. The third-order valence-electron chi connectivity index (χ3n) is 7.37. The second-order valence-corrected chi connectivity index (χ2v) is 10.1. The molecule has 0 radical (unpaired) electrons. The summed E-state index contributed by atoms with van der Waals surface area (Å²) in [5.41, 5.74) is 11.4. The lowest BCUT2D eigenvalue weighted by Gasteiger charge is -2.58. The maximum Gasteiger partial charge on any atom is 0.353 e. The van der Waals surface area contributed by atoms with Crippen LogP contribution in [0.2, 0.25) is 0 Å². The van der Waals surface area contributed by atoms with Crippen LogP contribution in [0.4, 0.5) is 0 Å². The van der Waals surface area contributed by atoms with Crippen molar-refractivity contribution in [2.45, 2.75) is 36.4 Å². The smallest absolute Gasteiger partial charge is 0.353 e. The molecular weight excluding hydrogens is 476 g/mol. The summed E-state index contributed by atoms with van der Waals surface area (Å²) in [4.78, 5) is 52.7. The second-order valence-electron chi connectivity index (χ2n) is 9.20.